The minimum Gasteiger partial charge on any atom is -0.465 e. The number of carbonyl (C=O) groups excluding carboxylic acids is 2. The van der Waals surface area contributed by atoms with Gasteiger partial charge in [0, 0.05) is 16.0 Å². The maximum absolute atomic E-state index is 11.9. The molecule has 0 saturated carbocycles. The number of anilines is 1. The Morgan fingerprint density at radius 2 is 1.95 bits per heavy atom. The molecule has 0 aliphatic carbocycles. The fourth-order valence-corrected chi connectivity index (χ4v) is 2.79. The molecule has 2 rings (SSSR count). The summed E-state index contributed by atoms with van der Waals surface area (Å²) in [7, 11) is 1.34. The van der Waals surface area contributed by atoms with E-state index in [1.165, 1.54) is 18.4 Å². The van der Waals surface area contributed by atoms with Crippen molar-refractivity contribution >= 4 is 38.3 Å². The van der Waals surface area contributed by atoms with E-state index < -0.39 is 5.97 Å². The van der Waals surface area contributed by atoms with Gasteiger partial charge in [-0.3, -0.25) is 4.79 Å². The van der Waals surface area contributed by atoms with Gasteiger partial charge in [-0.25, -0.2) is 4.79 Å². The number of fused-ring (bicyclic) bond motifs is 1. The van der Waals surface area contributed by atoms with E-state index in [0.717, 1.165) is 10.1 Å². The molecule has 1 heterocycles. The maximum atomic E-state index is 11.9. The van der Waals surface area contributed by atoms with Crippen LogP contribution in [-0.4, -0.2) is 19.0 Å². The summed E-state index contributed by atoms with van der Waals surface area (Å²) in [6, 6.07) is 7.52. The van der Waals surface area contributed by atoms with E-state index in [1.54, 1.807) is 13.8 Å². The lowest BCUT2D eigenvalue weighted by molar-refractivity contribution is -0.118. The number of ether oxygens (including phenoxy) is 1. The number of amides is 1. The number of benzene rings is 1. The second kappa shape index (κ2) is 5.40. The molecule has 19 heavy (non-hydrogen) atoms. The number of rotatable bonds is 3. The Kier molecular flexibility index (Phi) is 3.85. The van der Waals surface area contributed by atoms with Crippen LogP contribution < -0.4 is 5.32 Å². The number of hydrogen-bond donors (Lipinski definition) is 1. The molecule has 0 unspecified atom stereocenters. The summed E-state index contributed by atoms with van der Waals surface area (Å²) in [5, 5.41) is 4.15. The third-order valence-electron chi connectivity index (χ3n) is 2.75. The van der Waals surface area contributed by atoms with Gasteiger partial charge in [0.15, 0.2) is 0 Å². The van der Waals surface area contributed by atoms with Gasteiger partial charge in [0.05, 0.1) is 7.11 Å². The van der Waals surface area contributed by atoms with Gasteiger partial charge in [0.1, 0.15) is 10.6 Å². The lowest BCUT2D eigenvalue weighted by Crippen LogP contribution is -2.18. The Morgan fingerprint density at radius 1 is 1.26 bits per heavy atom. The second-order valence-electron chi connectivity index (χ2n) is 4.44. The summed E-state index contributed by atoms with van der Waals surface area (Å²) >= 11 is 1.38. The average molecular weight is 277 g/mol. The summed E-state index contributed by atoms with van der Waals surface area (Å²) in [6.07, 6.45) is 0. The Hall–Kier alpha value is -1.88. The second-order valence-corrected chi connectivity index (χ2v) is 5.49. The van der Waals surface area contributed by atoms with Gasteiger partial charge in [-0.05, 0) is 6.07 Å². The molecule has 5 heteroatoms. The van der Waals surface area contributed by atoms with Crippen LogP contribution in [0.1, 0.15) is 24.2 Å². The van der Waals surface area contributed by atoms with Gasteiger partial charge >= 0.3 is 5.97 Å². The molecule has 0 atom stereocenters. The summed E-state index contributed by atoms with van der Waals surface area (Å²) < 4.78 is 5.75. The number of nitrogens with one attached hydrogen (secondary N) is 1. The van der Waals surface area contributed by atoms with Crippen LogP contribution in [0.25, 0.3) is 10.1 Å². The van der Waals surface area contributed by atoms with Crippen molar-refractivity contribution in [2.75, 3.05) is 12.4 Å². The van der Waals surface area contributed by atoms with E-state index in [4.69, 9.17) is 4.74 Å². The van der Waals surface area contributed by atoms with Gasteiger partial charge in [0.2, 0.25) is 5.91 Å². The normalized spacial score (nSPS) is 10.7. The van der Waals surface area contributed by atoms with Crippen LogP contribution >= 0.6 is 11.3 Å². The van der Waals surface area contributed by atoms with Gasteiger partial charge in [-0.2, -0.15) is 0 Å². The van der Waals surface area contributed by atoms with Crippen molar-refractivity contribution in [1.82, 2.24) is 0 Å². The summed E-state index contributed by atoms with van der Waals surface area (Å²) in [6.45, 7) is 3.61. The molecule has 1 aromatic heterocycles. The van der Waals surface area contributed by atoms with Crippen LogP contribution in [0, 0.1) is 5.92 Å². The van der Waals surface area contributed by atoms with Crippen LogP contribution in [0.2, 0.25) is 0 Å². The van der Waals surface area contributed by atoms with E-state index in [0.29, 0.717) is 10.6 Å². The van der Waals surface area contributed by atoms with Gasteiger partial charge in [-0.15, -0.1) is 11.3 Å². The highest BCUT2D eigenvalue weighted by molar-refractivity contribution is 7.23. The first-order chi connectivity index (χ1) is 9.04. The standard InChI is InChI=1S/C14H15NO3S/c1-8(2)12(16)15-13-11(14(17)18-3)9-6-4-5-7-10(9)19-13/h4-8H,1-3H3,(H,15,16). The van der Waals surface area contributed by atoms with Crippen molar-refractivity contribution < 1.29 is 14.3 Å². The third kappa shape index (κ3) is 2.61. The smallest absolute Gasteiger partial charge is 0.341 e. The zero-order valence-corrected chi connectivity index (χ0v) is 11.8. The Labute approximate surface area is 115 Å². The van der Waals surface area contributed by atoms with Crippen LogP contribution in [0.4, 0.5) is 5.00 Å². The fraction of sp³-hybridized carbons (Fsp3) is 0.286. The van der Waals surface area contributed by atoms with Crippen LogP contribution in [0.5, 0.6) is 0 Å². The van der Waals surface area contributed by atoms with E-state index in [9.17, 15) is 9.59 Å². The number of hydrogen-bond acceptors (Lipinski definition) is 4. The number of esters is 1. The largest absolute Gasteiger partial charge is 0.465 e. The van der Waals surface area contributed by atoms with Gasteiger partial charge < -0.3 is 10.1 Å². The molecule has 0 spiro atoms. The van der Waals surface area contributed by atoms with Crippen molar-refractivity contribution in [3.05, 3.63) is 29.8 Å². The van der Waals surface area contributed by atoms with Crippen LogP contribution in [-0.2, 0) is 9.53 Å². The predicted octanol–water partition coefficient (Wildman–Crippen LogP) is 3.28. The summed E-state index contributed by atoms with van der Waals surface area (Å²) in [5.74, 6) is -0.691. The van der Waals surface area contributed by atoms with E-state index in [-0.39, 0.29) is 11.8 Å². The fourth-order valence-electron chi connectivity index (χ4n) is 1.69. The molecule has 0 saturated heterocycles. The highest BCUT2D eigenvalue weighted by Crippen LogP contribution is 2.36. The molecule has 1 N–H and O–H groups in total. The predicted molar refractivity (Wildman–Crippen MR) is 76.6 cm³/mol. The maximum Gasteiger partial charge on any atom is 0.341 e. The van der Waals surface area contributed by atoms with E-state index >= 15 is 0 Å². The third-order valence-corrected chi connectivity index (χ3v) is 3.83. The number of carbonyl (C=O) groups is 2. The molecular weight excluding hydrogens is 262 g/mol. The number of thiophene rings is 1. The molecule has 4 nitrogen and oxygen atoms in total. The zero-order chi connectivity index (χ0) is 14.0. The van der Waals surface area contributed by atoms with Crippen molar-refractivity contribution in [2.45, 2.75) is 13.8 Å². The van der Waals surface area contributed by atoms with Gasteiger partial charge in [0.25, 0.3) is 0 Å². The van der Waals surface area contributed by atoms with Crippen molar-refractivity contribution in [1.29, 1.82) is 0 Å². The Morgan fingerprint density at radius 3 is 2.58 bits per heavy atom. The number of methoxy groups -OCH3 is 1. The highest BCUT2D eigenvalue weighted by Gasteiger charge is 2.21. The summed E-state index contributed by atoms with van der Waals surface area (Å²) in [5.41, 5.74) is 0.428. The van der Waals surface area contributed by atoms with Crippen molar-refractivity contribution in [2.24, 2.45) is 5.92 Å². The first kappa shape index (κ1) is 13.5. The quantitative estimate of drug-likeness (QED) is 0.876. The topological polar surface area (TPSA) is 55.4 Å². The minimum absolute atomic E-state index is 0.114. The molecule has 0 bridgehead atoms. The van der Waals surface area contributed by atoms with E-state index in [1.807, 2.05) is 24.3 Å². The summed E-state index contributed by atoms with van der Waals surface area (Å²) in [4.78, 5) is 23.7. The molecular formula is C14H15NO3S. The molecule has 1 aromatic carbocycles. The molecule has 1 amide bonds. The monoisotopic (exact) mass is 277 g/mol. The molecule has 0 aliphatic heterocycles. The SMILES string of the molecule is COC(=O)c1c(NC(=O)C(C)C)sc2ccccc12. The van der Waals surface area contributed by atoms with Crippen molar-refractivity contribution in [3.63, 3.8) is 0 Å². The Bertz CT molecular complexity index is 631. The molecule has 100 valence electrons. The van der Waals surface area contributed by atoms with Crippen molar-refractivity contribution in [3.8, 4) is 0 Å². The molecule has 2 aromatic rings. The average Bonchev–Trinajstić information content (AvgIpc) is 2.75. The van der Waals surface area contributed by atoms with Crippen LogP contribution in [0.15, 0.2) is 24.3 Å². The highest BCUT2D eigenvalue weighted by atomic mass is 32.1. The molecule has 0 fully saturated rings. The Balaban J connectivity index is 2.53. The van der Waals surface area contributed by atoms with Gasteiger partial charge in [-0.1, -0.05) is 32.0 Å². The minimum atomic E-state index is -0.434. The van der Waals surface area contributed by atoms with Crippen LogP contribution in [0.3, 0.4) is 0 Å². The lowest BCUT2D eigenvalue weighted by atomic mass is 10.1. The molecule has 0 aliphatic rings. The van der Waals surface area contributed by atoms with E-state index in [2.05, 4.69) is 5.32 Å². The molecule has 0 radical (unpaired) electrons. The first-order valence-corrected chi connectivity index (χ1v) is 6.77. The lowest BCUT2D eigenvalue weighted by Gasteiger charge is -2.07. The first-order valence-electron chi connectivity index (χ1n) is 5.95. The zero-order valence-electron chi connectivity index (χ0n) is 11.0.